The van der Waals surface area contributed by atoms with Gasteiger partial charge in [-0.15, -0.1) is 0 Å². The smallest absolute Gasteiger partial charge is 0.264 e. The molecule has 0 aromatic carbocycles. The fourth-order valence-corrected chi connectivity index (χ4v) is 0.264. The van der Waals surface area contributed by atoms with Crippen molar-refractivity contribution < 1.29 is 26.3 Å². The Morgan fingerprint density at radius 3 is 1.33 bits per heavy atom. The van der Waals surface area contributed by atoms with Gasteiger partial charge in [0.05, 0.1) is 0 Å². The van der Waals surface area contributed by atoms with Gasteiger partial charge in [0, 0.05) is 53.7 Å². The van der Waals surface area contributed by atoms with Crippen molar-refractivity contribution in [1.82, 2.24) is 0 Å². The first-order valence-electron chi connectivity index (χ1n) is 8.43. The lowest BCUT2D eigenvalue weighted by Crippen LogP contribution is -2.55. The van der Waals surface area contributed by atoms with Crippen LogP contribution in [0.4, 0.5) is 0 Å². The molecule has 0 amide bonds. The zero-order valence-corrected chi connectivity index (χ0v) is 5.53. The third-order valence-corrected chi connectivity index (χ3v) is 1.07. The van der Waals surface area contributed by atoms with Gasteiger partial charge in [-0.05, 0) is 0 Å². The van der Waals surface area contributed by atoms with Gasteiger partial charge >= 0.3 is 0 Å². The minimum Gasteiger partial charge on any atom is -0.264 e. The van der Waals surface area contributed by atoms with Crippen LogP contribution >= 0.6 is 0 Å². The fourth-order valence-electron chi connectivity index (χ4n) is 0.264. The van der Waals surface area contributed by atoms with E-state index in [4.69, 9.17) is 16.4 Å². The van der Waals surface area contributed by atoms with Crippen molar-refractivity contribution in [2.45, 2.75) is 38.5 Å². The molecule has 0 aliphatic heterocycles. The molecule has 0 bridgehead atoms. The fraction of sp³-hybridized carbons (Fsp3) is 1.00. The number of hydrogen-bond acceptors (Lipinski definition) is 4. The summed E-state index contributed by atoms with van der Waals surface area (Å²) >= 11 is 0. The Labute approximate surface area is 86.7 Å². The predicted molar refractivity (Wildman–Crippen MR) is 42.1 cm³/mol. The monoisotopic (exact) mass is 188 g/mol. The van der Waals surface area contributed by atoms with Crippen molar-refractivity contribution in [3.63, 3.8) is 0 Å². The van der Waals surface area contributed by atoms with E-state index in [1.54, 1.807) is 0 Å². The summed E-state index contributed by atoms with van der Waals surface area (Å²) in [6.07, 6.45) is 0. The number of hydrogen-bond donors (Lipinski definition) is 0. The Morgan fingerprint density at radius 2 is 1.25 bits per heavy atom. The van der Waals surface area contributed by atoms with Crippen LogP contribution in [0, 0.1) is 20.2 Å². The Kier molecular flexibility index (Phi) is 0.489. The highest BCUT2D eigenvalue weighted by Crippen LogP contribution is 2.27. The SMILES string of the molecule is [2H]C([2H])([2H])C([N+](=O)[O-])(C([2H])([2H])[2H])C([N+](=O)[O-])(C([2H])([2H])[2H])C([2H])([2H])[2H]. The van der Waals surface area contributed by atoms with Gasteiger partial charge in [0.25, 0.3) is 11.1 Å². The Balaban J connectivity index is 7.80. The van der Waals surface area contributed by atoms with Gasteiger partial charge in [0.1, 0.15) is 0 Å². The highest BCUT2D eigenvalue weighted by atomic mass is 16.6. The summed E-state index contributed by atoms with van der Waals surface area (Å²) < 4.78 is 85.9. The van der Waals surface area contributed by atoms with Crippen molar-refractivity contribution in [3.05, 3.63) is 20.2 Å². The maximum atomic E-state index is 11.4. The molecule has 0 saturated carbocycles. The molecule has 0 aromatic heterocycles. The van der Waals surface area contributed by atoms with E-state index in [0.29, 0.717) is 0 Å². The molecule has 0 aliphatic carbocycles. The molecule has 6 heteroatoms. The molecule has 0 saturated heterocycles. The van der Waals surface area contributed by atoms with Gasteiger partial charge in [-0.3, -0.25) is 20.2 Å². The summed E-state index contributed by atoms with van der Waals surface area (Å²) in [5.74, 6) is 0. The van der Waals surface area contributed by atoms with Crippen LogP contribution < -0.4 is 0 Å². The molecule has 0 radical (unpaired) electrons. The minimum atomic E-state index is -4.92. The molecule has 0 unspecified atom stereocenters. The second kappa shape index (κ2) is 2.69. The standard InChI is InChI=1S/C6H12N2O4/c1-5(2,7(9)10)6(3,4)8(11)12/h1-4H3/i1D3,2D3,3D3,4D3. The minimum absolute atomic E-state index is 2.21. The molecule has 70 valence electrons. The van der Waals surface area contributed by atoms with Crippen molar-refractivity contribution in [2.24, 2.45) is 0 Å². The maximum absolute atomic E-state index is 11.4. The summed E-state index contributed by atoms with van der Waals surface area (Å²) in [5.41, 5.74) is -9.85. The third kappa shape index (κ3) is 1.37. The highest BCUT2D eigenvalue weighted by molar-refractivity contribution is 4.86. The number of nitro groups is 2. The Hall–Kier alpha value is -1.20. The molecule has 0 rings (SSSR count). The molecular weight excluding hydrogens is 164 g/mol. The molecule has 0 atom stereocenters. The Morgan fingerprint density at radius 1 is 1.00 bits per heavy atom. The zero-order chi connectivity index (χ0) is 20.2. The van der Waals surface area contributed by atoms with E-state index in [2.05, 4.69) is 0 Å². The molecule has 0 heterocycles. The van der Waals surface area contributed by atoms with E-state index in [-0.39, 0.29) is 0 Å². The predicted octanol–water partition coefficient (Wildman–Crippen LogP) is 1.10. The van der Waals surface area contributed by atoms with Gasteiger partial charge in [-0.25, -0.2) is 0 Å². The van der Waals surface area contributed by atoms with Crippen molar-refractivity contribution >= 4 is 0 Å². The van der Waals surface area contributed by atoms with Gasteiger partial charge in [-0.1, -0.05) is 0 Å². The van der Waals surface area contributed by atoms with Crippen molar-refractivity contribution in [3.8, 4) is 0 Å². The van der Waals surface area contributed by atoms with E-state index in [9.17, 15) is 20.2 Å². The van der Waals surface area contributed by atoms with Gasteiger partial charge < -0.3 is 0 Å². The summed E-state index contributed by atoms with van der Waals surface area (Å²) in [4.78, 5) is 18.5. The summed E-state index contributed by atoms with van der Waals surface area (Å²) in [6, 6.07) is 0. The topological polar surface area (TPSA) is 86.3 Å². The molecule has 0 aliphatic rings. The Bertz CT molecular complexity index is 452. The third-order valence-electron chi connectivity index (χ3n) is 1.07. The van der Waals surface area contributed by atoms with E-state index in [1.807, 2.05) is 0 Å². The van der Waals surface area contributed by atoms with E-state index in [0.717, 1.165) is 0 Å². The molecular formula is C6H12N2O4. The first-order valence-corrected chi connectivity index (χ1v) is 2.43. The second-order valence-electron chi connectivity index (χ2n) is 1.94. The summed E-state index contributed by atoms with van der Waals surface area (Å²) in [5, 5.41) is 22.9. The van der Waals surface area contributed by atoms with Gasteiger partial charge in [0.2, 0.25) is 0 Å². The van der Waals surface area contributed by atoms with Crippen LogP contribution in [0.3, 0.4) is 0 Å². The van der Waals surface area contributed by atoms with Crippen molar-refractivity contribution in [2.75, 3.05) is 0 Å². The second-order valence-corrected chi connectivity index (χ2v) is 1.94. The first-order chi connectivity index (χ1) is 10.1. The zero-order valence-electron chi connectivity index (χ0n) is 17.5. The van der Waals surface area contributed by atoms with Crippen LogP contribution in [0.1, 0.15) is 43.9 Å². The van der Waals surface area contributed by atoms with Gasteiger partial charge in [0.15, 0.2) is 0 Å². The summed E-state index contributed by atoms with van der Waals surface area (Å²) in [6.45, 7) is -17.9. The first kappa shape index (κ1) is 2.18. The highest BCUT2D eigenvalue weighted by Gasteiger charge is 2.57. The number of rotatable bonds is 3. The molecule has 0 N–H and O–H groups in total. The number of nitrogens with zero attached hydrogens (tertiary/aromatic N) is 2. The largest absolute Gasteiger partial charge is 0.284 e. The van der Waals surface area contributed by atoms with Crippen molar-refractivity contribution in [1.29, 1.82) is 0 Å². The molecule has 0 fully saturated rings. The quantitative estimate of drug-likeness (QED) is 0.490. The van der Waals surface area contributed by atoms with Crippen LogP contribution in [0.5, 0.6) is 0 Å². The van der Waals surface area contributed by atoms with Crippen LogP contribution in [0.2, 0.25) is 0 Å². The lowest BCUT2D eigenvalue weighted by Gasteiger charge is -2.25. The van der Waals surface area contributed by atoms with E-state index in [1.165, 1.54) is 0 Å². The van der Waals surface area contributed by atoms with E-state index < -0.39 is 48.3 Å². The van der Waals surface area contributed by atoms with Crippen LogP contribution in [-0.2, 0) is 0 Å². The average molecular weight is 188 g/mol. The van der Waals surface area contributed by atoms with Crippen LogP contribution in [0.25, 0.3) is 0 Å². The molecule has 0 spiro atoms. The molecule has 12 heavy (non-hydrogen) atoms. The molecule has 0 aromatic rings. The van der Waals surface area contributed by atoms with Crippen LogP contribution in [-0.4, -0.2) is 20.9 Å². The average Bonchev–Trinajstić information content (AvgIpc) is 2.15. The molecule has 6 nitrogen and oxygen atoms in total. The lowest BCUT2D eigenvalue weighted by molar-refractivity contribution is -0.673. The van der Waals surface area contributed by atoms with Crippen LogP contribution in [0.15, 0.2) is 0 Å². The lowest BCUT2D eigenvalue weighted by atomic mass is 9.84. The summed E-state index contributed by atoms with van der Waals surface area (Å²) in [7, 11) is 0. The maximum Gasteiger partial charge on any atom is 0.284 e. The van der Waals surface area contributed by atoms with E-state index >= 15 is 0 Å². The van der Waals surface area contributed by atoms with Gasteiger partial charge in [-0.2, -0.15) is 0 Å². The normalized spacial score (nSPS) is 31.7.